The van der Waals surface area contributed by atoms with Crippen molar-refractivity contribution in [3.05, 3.63) is 29.8 Å². The zero-order chi connectivity index (χ0) is 16.2. The van der Waals surface area contributed by atoms with Gasteiger partial charge in [0.05, 0.1) is 7.11 Å². The molecule has 134 valence electrons. The minimum Gasteiger partial charge on any atom is -0.497 e. The molecule has 2 saturated heterocycles. The van der Waals surface area contributed by atoms with E-state index in [1.807, 2.05) is 18.2 Å². The zero-order valence-corrected chi connectivity index (χ0v) is 15.5. The van der Waals surface area contributed by atoms with Crippen LogP contribution in [-0.4, -0.2) is 44.1 Å². The third-order valence-electron chi connectivity index (χ3n) is 5.52. The van der Waals surface area contributed by atoms with E-state index in [4.69, 9.17) is 4.74 Å². The van der Waals surface area contributed by atoms with E-state index >= 15 is 0 Å². The Kier molecular flexibility index (Phi) is 6.93. The van der Waals surface area contributed by atoms with Crippen LogP contribution >= 0.6 is 12.4 Å². The molecule has 0 saturated carbocycles. The van der Waals surface area contributed by atoms with Crippen LogP contribution in [0.2, 0.25) is 0 Å². The first-order valence-corrected chi connectivity index (χ1v) is 8.80. The number of benzene rings is 1. The molecule has 2 aliphatic heterocycles. The van der Waals surface area contributed by atoms with E-state index in [0.717, 1.165) is 56.6 Å². The number of halogens is 1. The van der Waals surface area contributed by atoms with Crippen LogP contribution in [0.3, 0.4) is 0 Å². The maximum Gasteiger partial charge on any atom is 0.223 e. The largest absolute Gasteiger partial charge is 0.497 e. The molecular weight excluding hydrogens is 324 g/mol. The predicted octanol–water partition coefficient (Wildman–Crippen LogP) is 3.07. The zero-order valence-electron chi connectivity index (χ0n) is 14.7. The summed E-state index contributed by atoms with van der Waals surface area (Å²) in [6.45, 7) is 6.24. The summed E-state index contributed by atoms with van der Waals surface area (Å²) in [5.74, 6) is 2.92. The number of carbonyl (C=O) groups is 1. The first-order valence-electron chi connectivity index (χ1n) is 8.80. The normalized spacial score (nSPS) is 24.5. The number of hydrogen-bond donors (Lipinski definition) is 1. The molecule has 1 aromatic rings. The second kappa shape index (κ2) is 8.72. The lowest BCUT2D eigenvalue weighted by Gasteiger charge is -2.23. The molecule has 2 heterocycles. The van der Waals surface area contributed by atoms with Crippen molar-refractivity contribution in [1.82, 2.24) is 10.2 Å². The monoisotopic (exact) mass is 352 g/mol. The van der Waals surface area contributed by atoms with Crippen LogP contribution in [-0.2, 0) is 4.79 Å². The fourth-order valence-corrected chi connectivity index (χ4v) is 3.92. The Morgan fingerprint density at radius 3 is 2.58 bits per heavy atom. The molecule has 3 rings (SSSR count). The van der Waals surface area contributed by atoms with Crippen LogP contribution < -0.4 is 10.1 Å². The van der Waals surface area contributed by atoms with E-state index < -0.39 is 0 Å². The van der Waals surface area contributed by atoms with Gasteiger partial charge in [-0.1, -0.05) is 19.1 Å². The van der Waals surface area contributed by atoms with Gasteiger partial charge in [0.2, 0.25) is 5.91 Å². The Morgan fingerprint density at radius 1 is 1.29 bits per heavy atom. The van der Waals surface area contributed by atoms with Crippen molar-refractivity contribution in [2.45, 2.75) is 32.1 Å². The minimum absolute atomic E-state index is 0. The molecule has 24 heavy (non-hydrogen) atoms. The molecule has 0 bridgehead atoms. The average Bonchev–Trinajstić information content (AvgIpc) is 2.93. The number of hydrogen-bond acceptors (Lipinski definition) is 3. The van der Waals surface area contributed by atoms with Crippen LogP contribution in [0.15, 0.2) is 24.3 Å². The van der Waals surface area contributed by atoms with Crippen molar-refractivity contribution in [2.24, 2.45) is 11.8 Å². The van der Waals surface area contributed by atoms with Crippen molar-refractivity contribution >= 4 is 18.3 Å². The van der Waals surface area contributed by atoms with E-state index in [9.17, 15) is 4.79 Å². The highest BCUT2D eigenvalue weighted by Crippen LogP contribution is 2.29. The molecule has 1 amide bonds. The number of methoxy groups -OCH3 is 1. The Hall–Kier alpha value is -1.26. The third-order valence-corrected chi connectivity index (χ3v) is 5.52. The van der Waals surface area contributed by atoms with Crippen LogP contribution in [0.4, 0.5) is 0 Å². The lowest BCUT2D eigenvalue weighted by atomic mass is 9.92. The molecule has 0 aliphatic carbocycles. The van der Waals surface area contributed by atoms with Gasteiger partial charge in [-0.2, -0.15) is 0 Å². The summed E-state index contributed by atoms with van der Waals surface area (Å²) in [5.41, 5.74) is 1.17. The smallest absolute Gasteiger partial charge is 0.223 e. The van der Waals surface area contributed by atoms with E-state index in [1.54, 1.807) is 7.11 Å². The Morgan fingerprint density at radius 2 is 1.96 bits per heavy atom. The SMILES string of the molecule is COc1cccc(C(C)CC(=O)N2CC[C@@H]3CNC[C@@H]3CC2)c1.Cl. The number of nitrogens with zero attached hydrogens (tertiary/aromatic N) is 1. The Balaban J connectivity index is 0.00000208. The maximum absolute atomic E-state index is 12.7. The first-order chi connectivity index (χ1) is 11.2. The molecule has 2 fully saturated rings. The van der Waals surface area contributed by atoms with Gasteiger partial charge < -0.3 is 15.0 Å². The maximum atomic E-state index is 12.7. The summed E-state index contributed by atoms with van der Waals surface area (Å²) < 4.78 is 5.28. The molecule has 1 N–H and O–H groups in total. The van der Waals surface area contributed by atoms with Gasteiger partial charge in [-0.25, -0.2) is 0 Å². The molecule has 0 spiro atoms. The highest BCUT2D eigenvalue weighted by molar-refractivity contribution is 5.85. The molecule has 1 unspecified atom stereocenters. The van der Waals surface area contributed by atoms with E-state index in [1.165, 1.54) is 5.56 Å². The topological polar surface area (TPSA) is 41.6 Å². The molecular formula is C19H29ClN2O2. The van der Waals surface area contributed by atoms with Crippen LogP contribution in [0, 0.1) is 11.8 Å². The number of likely N-dealkylation sites (tertiary alicyclic amines) is 1. The fraction of sp³-hybridized carbons (Fsp3) is 0.632. The predicted molar refractivity (Wildman–Crippen MR) is 98.9 cm³/mol. The number of amides is 1. The lowest BCUT2D eigenvalue weighted by molar-refractivity contribution is -0.131. The number of rotatable bonds is 4. The number of ether oxygens (including phenoxy) is 1. The van der Waals surface area contributed by atoms with Gasteiger partial charge in [-0.15, -0.1) is 12.4 Å². The van der Waals surface area contributed by atoms with Crippen LogP contribution in [0.5, 0.6) is 5.75 Å². The Bertz CT molecular complexity index is 538. The average molecular weight is 353 g/mol. The second-order valence-corrected chi connectivity index (χ2v) is 7.02. The van der Waals surface area contributed by atoms with Gasteiger partial charge >= 0.3 is 0 Å². The first kappa shape index (κ1) is 19.1. The summed E-state index contributed by atoms with van der Waals surface area (Å²) in [7, 11) is 1.68. The number of carbonyl (C=O) groups excluding carboxylic acids is 1. The molecule has 4 nitrogen and oxygen atoms in total. The number of nitrogens with one attached hydrogen (secondary N) is 1. The standard InChI is InChI=1S/C19H28N2O2.ClH/c1-14(15-4-3-5-18(11-15)23-2)10-19(22)21-8-6-16-12-20-13-17(16)7-9-21;/h3-5,11,14,16-17,20H,6-10,12-13H2,1-2H3;1H/t14?,16-,17+;. The van der Waals surface area contributed by atoms with Crippen molar-refractivity contribution in [3.63, 3.8) is 0 Å². The van der Waals surface area contributed by atoms with E-state index in [0.29, 0.717) is 12.3 Å². The Labute approximate surface area is 151 Å². The molecule has 5 heteroatoms. The minimum atomic E-state index is 0. The molecule has 2 aliphatic rings. The lowest BCUT2D eigenvalue weighted by Crippen LogP contribution is -2.33. The third kappa shape index (κ3) is 4.42. The van der Waals surface area contributed by atoms with Crippen LogP contribution in [0.25, 0.3) is 0 Å². The van der Waals surface area contributed by atoms with E-state index in [-0.39, 0.29) is 18.3 Å². The molecule has 3 atom stereocenters. The van der Waals surface area contributed by atoms with Crippen molar-refractivity contribution in [2.75, 3.05) is 33.3 Å². The van der Waals surface area contributed by atoms with Crippen molar-refractivity contribution in [1.29, 1.82) is 0 Å². The summed E-state index contributed by atoms with van der Waals surface area (Å²) in [6, 6.07) is 8.06. The summed E-state index contributed by atoms with van der Waals surface area (Å²) in [5, 5.41) is 3.49. The quantitative estimate of drug-likeness (QED) is 0.905. The second-order valence-electron chi connectivity index (χ2n) is 7.02. The van der Waals surface area contributed by atoms with Gasteiger partial charge in [-0.3, -0.25) is 4.79 Å². The highest BCUT2D eigenvalue weighted by atomic mass is 35.5. The van der Waals surface area contributed by atoms with Crippen LogP contribution in [0.1, 0.15) is 37.7 Å². The highest BCUT2D eigenvalue weighted by Gasteiger charge is 2.31. The fourth-order valence-electron chi connectivity index (χ4n) is 3.92. The van der Waals surface area contributed by atoms with Crippen molar-refractivity contribution < 1.29 is 9.53 Å². The van der Waals surface area contributed by atoms with Gasteiger partial charge in [0.15, 0.2) is 0 Å². The molecule has 0 aromatic heterocycles. The van der Waals surface area contributed by atoms with Gasteiger partial charge in [0.1, 0.15) is 5.75 Å². The van der Waals surface area contributed by atoms with Crippen molar-refractivity contribution in [3.8, 4) is 5.75 Å². The van der Waals surface area contributed by atoms with E-state index in [2.05, 4.69) is 23.2 Å². The summed E-state index contributed by atoms with van der Waals surface area (Å²) >= 11 is 0. The van der Waals surface area contributed by atoms with Gasteiger partial charge in [-0.05, 0) is 61.4 Å². The van der Waals surface area contributed by atoms with Gasteiger partial charge in [0, 0.05) is 19.5 Å². The number of fused-ring (bicyclic) bond motifs is 1. The summed E-state index contributed by atoms with van der Waals surface area (Å²) in [4.78, 5) is 14.8. The molecule has 1 aromatic carbocycles. The van der Waals surface area contributed by atoms with Gasteiger partial charge in [0.25, 0.3) is 0 Å². The molecule has 0 radical (unpaired) electrons. The summed E-state index contributed by atoms with van der Waals surface area (Å²) in [6.07, 6.45) is 2.88.